The summed E-state index contributed by atoms with van der Waals surface area (Å²) in [6, 6.07) is 7.20. The SMILES string of the molecule is Fc1ccccc1C1CCCCCC1Br. The highest BCUT2D eigenvalue weighted by molar-refractivity contribution is 9.09. The zero-order valence-corrected chi connectivity index (χ0v) is 10.3. The van der Waals surface area contributed by atoms with Crippen molar-refractivity contribution in [1.82, 2.24) is 0 Å². The molecule has 1 aromatic carbocycles. The van der Waals surface area contributed by atoms with Crippen LogP contribution in [-0.4, -0.2) is 4.83 Å². The Morgan fingerprint density at radius 2 is 1.80 bits per heavy atom. The van der Waals surface area contributed by atoms with E-state index in [-0.39, 0.29) is 5.82 Å². The van der Waals surface area contributed by atoms with Gasteiger partial charge in [0.1, 0.15) is 5.82 Å². The third-order valence-corrected chi connectivity index (χ3v) is 4.33. The minimum atomic E-state index is -0.0474. The van der Waals surface area contributed by atoms with E-state index in [1.807, 2.05) is 12.1 Å². The third kappa shape index (κ3) is 2.60. The largest absolute Gasteiger partial charge is 0.207 e. The predicted octanol–water partition coefficient (Wildman–Crippen LogP) is 4.64. The highest BCUT2D eigenvalue weighted by Gasteiger charge is 2.24. The average Bonchev–Trinajstić information content (AvgIpc) is 2.44. The number of benzene rings is 1. The van der Waals surface area contributed by atoms with E-state index in [0.717, 1.165) is 12.0 Å². The number of hydrogen-bond donors (Lipinski definition) is 0. The van der Waals surface area contributed by atoms with Crippen molar-refractivity contribution in [3.63, 3.8) is 0 Å². The lowest BCUT2D eigenvalue weighted by atomic mass is 9.91. The van der Waals surface area contributed by atoms with Crippen LogP contribution in [0.15, 0.2) is 24.3 Å². The van der Waals surface area contributed by atoms with E-state index >= 15 is 0 Å². The summed E-state index contributed by atoms with van der Waals surface area (Å²) >= 11 is 3.71. The summed E-state index contributed by atoms with van der Waals surface area (Å²) in [7, 11) is 0. The van der Waals surface area contributed by atoms with Crippen LogP contribution in [0, 0.1) is 5.82 Å². The van der Waals surface area contributed by atoms with Crippen molar-refractivity contribution in [1.29, 1.82) is 0 Å². The van der Waals surface area contributed by atoms with Gasteiger partial charge in [0.15, 0.2) is 0 Å². The zero-order chi connectivity index (χ0) is 10.7. The molecule has 1 aliphatic carbocycles. The van der Waals surface area contributed by atoms with Crippen LogP contribution < -0.4 is 0 Å². The van der Waals surface area contributed by atoms with E-state index in [9.17, 15) is 4.39 Å². The molecule has 0 spiro atoms. The molecule has 0 N–H and O–H groups in total. The van der Waals surface area contributed by atoms with Crippen molar-refractivity contribution < 1.29 is 4.39 Å². The summed E-state index contributed by atoms with van der Waals surface area (Å²) in [5, 5.41) is 0. The van der Waals surface area contributed by atoms with E-state index in [0.29, 0.717) is 10.7 Å². The molecule has 1 fully saturated rings. The molecule has 0 saturated heterocycles. The van der Waals surface area contributed by atoms with Gasteiger partial charge in [-0.05, 0) is 30.4 Å². The molecule has 0 amide bonds. The Labute approximate surface area is 99.0 Å². The maximum absolute atomic E-state index is 13.7. The summed E-state index contributed by atoms with van der Waals surface area (Å²) in [6.45, 7) is 0. The summed E-state index contributed by atoms with van der Waals surface area (Å²) < 4.78 is 13.7. The molecule has 0 aromatic heterocycles. The van der Waals surface area contributed by atoms with Crippen LogP contribution in [0.5, 0.6) is 0 Å². The minimum Gasteiger partial charge on any atom is -0.207 e. The van der Waals surface area contributed by atoms with Crippen molar-refractivity contribution in [2.45, 2.75) is 42.8 Å². The number of hydrogen-bond acceptors (Lipinski definition) is 0. The maximum Gasteiger partial charge on any atom is 0.126 e. The molecule has 0 heterocycles. The smallest absolute Gasteiger partial charge is 0.126 e. The van der Waals surface area contributed by atoms with Crippen LogP contribution >= 0.6 is 15.9 Å². The van der Waals surface area contributed by atoms with Gasteiger partial charge in [-0.15, -0.1) is 0 Å². The van der Waals surface area contributed by atoms with E-state index < -0.39 is 0 Å². The van der Waals surface area contributed by atoms with Gasteiger partial charge in [0.2, 0.25) is 0 Å². The van der Waals surface area contributed by atoms with Crippen LogP contribution in [-0.2, 0) is 0 Å². The quantitative estimate of drug-likeness (QED) is 0.515. The van der Waals surface area contributed by atoms with Crippen LogP contribution in [0.25, 0.3) is 0 Å². The topological polar surface area (TPSA) is 0 Å². The highest BCUT2D eigenvalue weighted by atomic mass is 79.9. The second kappa shape index (κ2) is 5.11. The van der Waals surface area contributed by atoms with E-state index in [2.05, 4.69) is 15.9 Å². The summed E-state index contributed by atoms with van der Waals surface area (Å²) in [6.07, 6.45) is 6.05. The van der Waals surface area contributed by atoms with Gasteiger partial charge < -0.3 is 0 Å². The average molecular weight is 271 g/mol. The predicted molar refractivity (Wildman–Crippen MR) is 64.9 cm³/mol. The standard InChI is InChI=1S/C13H16BrF/c14-12-8-3-1-2-6-10(12)11-7-4-5-9-13(11)15/h4-5,7,9-10,12H,1-3,6,8H2. The van der Waals surface area contributed by atoms with Crippen molar-refractivity contribution in [3.05, 3.63) is 35.6 Å². The lowest BCUT2D eigenvalue weighted by molar-refractivity contribution is 0.548. The van der Waals surface area contributed by atoms with Crippen molar-refractivity contribution in [2.75, 3.05) is 0 Å². The fourth-order valence-electron chi connectivity index (χ4n) is 2.39. The van der Waals surface area contributed by atoms with Gasteiger partial charge in [0.25, 0.3) is 0 Å². The molecule has 82 valence electrons. The second-order valence-electron chi connectivity index (χ2n) is 4.28. The van der Waals surface area contributed by atoms with Gasteiger partial charge in [-0.25, -0.2) is 4.39 Å². The maximum atomic E-state index is 13.7. The van der Waals surface area contributed by atoms with Gasteiger partial charge >= 0.3 is 0 Å². The van der Waals surface area contributed by atoms with Crippen molar-refractivity contribution in [3.8, 4) is 0 Å². The molecule has 2 unspecified atom stereocenters. The second-order valence-corrected chi connectivity index (χ2v) is 5.46. The minimum absolute atomic E-state index is 0.0474. The first-order chi connectivity index (χ1) is 7.29. The Bertz CT molecular complexity index is 324. The third-order valence-electron chi connectivity index (χ3n) is 3.24. The van der Waals surface area contributed by atoms with E-state index in [4.69, 9.17) is 0 Å². The van der Waals surface area contributed by atoms with E-state index in [1.165, 1.54) is 25.7 Å². The lowest BCUT2D eigenvalue weighted by Gasteiger charge is -2.20. The molecule has 2 rings (SSSR count). The molecular formula is C13H16BrF. The van der Waals surface area contributed by atoms with Crippen molar-refractivity contribution in [2.24, 2.45) is 0 Å². The first kappa shape index (κ1) is 11.1. The highest BCUT2D eigenvalue weighted by Crippen LogP contribution is 2.37. The summed E-state index contributed by atoms with van der Waals surface area (Å²) in [5.41, 5.74) is 0.890. The Morgan fingerprint density at radius 1 is 1.07 bits per heavy atom. The van der Waals surface area contributed by atoms with Gasteiger partial charge in [0.05, 0.1) is 0 Å². The van der Waals surface area contributed by atoms with Gasteiger partial charge in [-0.2, -0.15) is 0 Å². The molecule has 0 radical (unpaired) electrons. The molecule has 0 nitrogen and oxygen atoms in total. The molecule has 2 atom stereocenters. The molecule has 1 saturated carbocycles. The Kier molecular flexibility index (Phi) is 3.79. The van der Waals surface area contributed by atoms with Gasteiger partial charge in [-0.3, -0.25) is 0 Å². The van der Waals surface area contributed by atoms with Crippen LogP contribution in [0.2, 0.25) is 0 Å². The zero-order valence-electron chi connectivity index (χ0n) is 8.76. The molecular weight excluding hydrogens is 255 g/mol. The fourth-order valence-corrected chi connectivity index (χ4v) is 3.26. The van der Waals surface area contributed by atoms with Crippen LogP contribution in [0.4, 0.5) is 4.39 Å². The Morgan fingerprint density at radius 3 is 2.60 bits per heavy atom. The number of rotatable bonds is 1. The molecule has 0 bridgehead atoms. The first-order valence-electron chi connectivity index (χ1n) is 5.67. The molecule has 1 aromatic rings. The Hall–Kier alpha value is -0.370. The van der Waals surface area contributed by atoms with Gasteiger partial charge in [0, 0.05) is 4.83 Å². The summed E-state index contributed by atoms with van der Waals surface area (Å²) in [4.78, 5) is 0.442. The number of halogens is 2. The normalized spacial score (nSPS) is 27.3. The molecule has 0 aliphatic heterocycles. The summed E-state index contributed by atoms with van der Waals surface area (Å²) in [5.74, 6) is 0.308. The van der Waals surface area contributed by atoms with Crippen LogP contribution in [0.3, 0.4) is 0 Å². The first-order valence-corrected chi connectivity index (χ1v) is 6.59. The van der Waals surface area contributed by atoms with Crippen LogP contribution in [0.1, 0.15) is 43.6 Å². The van der Waals surface area contributed by atoms with Gasteiger partial charge in [-0.1, -0.05) is 53.4 Å². The Balaban J connectivity index is 2.24. The molecule has 2 heteroatoms. The lowest BCUT2D eigenvalue weighted by Crippen LogP contribution is -2.12. The van der Waals surface area contributed by atoms with E-state index in [1.54, 1.807) is 12.1 Å². The number of alkyl halides is 1. The molecule has 1 aliphatic rings. The molecule has 15 heavy (non-hydrogen) atoms. The van der Waals surface area contributed by atoms with Crippen molar-refractivity contribution >= 4 is 15.9 Å². The monoisotopic (exact) mass is 270 g/mol. The fraction of sp³-hybridized carbons (Fsp3) is 0.538.